The molecule has 0 fully saturated rings. The zero-order valence-corrected chi connectivity index (χ0v) is 13.2. The lowest BCUT2D eigenvalue weighted by molar-refractivity contribution is -0.120. The van der Waals surface area contributed by atoms with Crippen molar-refractivity contribution >= 4 is 23.2 Å². The van der Waals surface area contributed by atoms with Crippen molar-refractivity contribution in [1.29, 1.82) is 0 Å². The summed E-state index contributed by atoms with van der Waals surface area (Å²) in [5.74, 6) is -0.0161. The van der Waals surface area contributed by atoms with Crippen molar-refractivity contribution in [2.45, 2.75) is 39.8 Å². The smallest absolute Gasteiger partial charge is 0.239 e. The van der Waals surface area contributed by atoms with Gasteiger partial charge in [0.1, 0.15) is 0 Å². The van der Waals surface area contributed by atoms with Crippen LogP contribution in [0.3, 0.4) is 0 Å². The summed E-state index contributed by atoms with van der Waals surface area (Å²) in [6.07, 6.45) is -0.601. The third-order valence-corrected chi connectivity index (χ3v) is 3.29. The monoisotopic (exact) mass is 298 g/mol. The predicted molar refractivity (Wildman–Crippen MR) is 83.3 cm³/mol. The van der Waals surface area contributed by atoms with E-state index in [-0.39, 0.29) is 11.9 Å². The molecule has 1 rings (SSSR count). The van der Waals surface area contributed by atoms with Crippen molar-refractivity contribution in [3.8, 4) is 0 Å². The maximum Gasteiger partial charge on any atom is 0.239 e. The third kappa shape index (κ3) is 4.69. The molecule has 0 aliphatic heterocycles. The number of carbonyl (C=O) groups is 1. The van der Waals surface area contributed by atoms with Gasteiger partial charge in [-0.2, -0.15) is 0 Å². The summed E-state index contributed by atoms with van der Waals surface area (Å²) in [4.78, 5) is 13.8. The molecule has 4 nitrogen and oxygen atoms in total. The molecule has 0 spiro atoms. The van der Waals surface area contributed by atoms with Crippen LogP contribution in [-0.2, 0) is 4.79 Å². The molecule has 1 aromatic carbocycles. The fourth-order valence-electron chi connectivity index (χ4n) is 1.98. The first kappa shape index (κ1) is 16.8. The summed E-state index contributed by atoms with van der Waals surface area (Å²) in [5.41, 5.74) is 1.57. The molecule has 0 saturated carbocycles. The second-order valence-corrected chi connectivity index (χ2v) is 5.53. The fourth-order valence-corrected chi connectivity index (χ4v) is 2.31. The molecule has 0 saturated heterocycles. The van der Waals surface area contributed by atoms with Crippen molar-refractivity contribution in [3.05, 3.63) is 28.8 Å². The number of amides is 1. The molecule has 2 N–H and O–H groups in total. The van der Waals surface area contributed by atoms with Crippen molar-refractivity contribution in [3.63, 3.8) is 0 Å². The number of aliphatic hydroxyl groups excluding tert-OH is 1. The summed E-state index contributed by atoms with van der Waals surface area (Å²) in [6, 6.07) is 5.59. The van der Waals surface area contributed by atoms with Gasteiger partial charge >= 0.3 is 0 Å². The molecule has 1 atom stereocenters. The molecule has 112 valence electrons. The fraction of sp³-hybridized carbons (Fsp3) is 0.533. The molecule has 1 amide bonds. The van der Waals surface area contributed by atoms with E-state index in [0.29, 0.717) is 23.7 Å². The number of anilines is 1. The van der Waals surface area contributed by atoms with E-state index in [4.69, 9.17) is 11.6 Å². The Balaban J connectivity index is 2.85. The highest BCUT2D eigenvalue weighted by Gasteiger charge is 2.13. The standard InChI is InChI=1S/C15H23ClN2O2/c1-5-18(9-15(20)17-10(2)3)12-6-7-13(11(4)19)14(16)8-12/h6-8,10-11,19H,5,9H2,1-4H3,(H,17,20). The van der Waals surface area contributed by atoms with Crippen LogP contribution in [0.1, 0.15) is 39.4 Å². The molecule has 0 aromatic heterocycles. The highest BCUT2D eigenvalue weighted by Crippen LogP contribution is 2.27. The molecule has 0 radical (unpaired) electrons. The van der Waals surface area contributed by atoms with Gasteiger partial charge in [0.2, 0.25) is 5.91 Å². The number of hydrogen-bond donors (Lipinski definition) is 2. The second-order valence-electron chi connectivity index (χ2n) is 5.12. The van der Waals surface area contributed by atoms with E-state index in [9.17, 15) is 9.90 Å². The lowest BCUT2D eigenvalue weighted by Gasteiger charge is -2.24. The SMILES string of the molecule is CCN(CC(=O)NC(C)C)c1ccc(C(C)O)c(Cl)c1. The normalized spacial score (nSPS) is 12.3. The molecule has 1 aromatic rings. The van der Waals surface area contributed by atoms with E-state index in [1.54, 1.807) is 19.1 Å². The van der Waals surface area contributed by atoms with Gasteiger partial charge in [-0.3, -0.25) is 4.79 Å². The molecule has 0 aliphatic rings. The number of benzene rings is 1. The summed E-state index contributed by atoms with van der Waals surface area (Å²) in [5, 5.41) is 13.0. The predicted octanol–water partition coefficient (Wildman–Crippen LogP) is 2.74. The van der Waals surface area contributed by atoms with Gasteiger partial charge in [0.15, 0.2) is 0 Å². The molecular weight excluding hydrogens is 276 g/mol. The van der Waals surface area contributed by atoms with Crippen LogP contribution in [0.25, 0.3) is 0 Å². The van der Waals surface area contributed by atoms with Gasteiger partial charge in [-0.25, -0.2) is 0 Å². The number of nitrogens with one attached hydrogen (secondary N) is 1. The number of nitrogens with zero attached hydrogens (tertiary/aromatic N) is 1. The van der Waals surface area contributed by atoms with Crippen LogP contribution in [0.4, 0.5) is 5.69 Å². The van der Waals surface area contributed by atoms with Crippen LogP contribution in [-0.4, -0.2) is 30.1 Å². The van der Waals surface area contributed by atoms with Crippen LogP contribution < -0.4 is 10.2 Å². The minimum Gasteiger partial charge on any atom is -0.389 e. The van der Waals surface area contributed by atoms with Gasteiger partial charge in [0, 0.05) is 23.3 Å². The Morgan fingerprint density at radius 1 is 1.40 bits per heavy atom. The number of carbonyl (C=O) groups excluding carboxylic acids is 1. The minimum absolute atomic E-state index is 0.0161. The number of aliphatic hydroxyl groups is 1. The van der Waals surface area contributed by atoms with E-state index >= 15 is 0 Å². The topological polar surface area (TPSA) is 52.6 Å². The Labute approximate surface area is 125 Å². The Bertz CT molecular complexity index is 461. The zero-order valence-electron chi connectivity index (χ0n) is 12.5. The molecule has 0 aliphatic carbocycles. The molecule has 0 heterocycles. The molecule has 20 heavy (non-hydrogen) atoms. The number of likely N-dealkylation sites (N-methyl/N-ethyl adjacent to an activating group) is 1. The zero-order chi connectivity index (χ0) is 15.3. The van der Waals surface area contributed by atoms with Crippen molar-refractivity contribution in [1.82, 2.24) is 5.32 Å². The minimum atomic E-state index is -0.601. The average Bonchev–Trinajstić information content (AvgIpc) is 2.34. The Morgan fingerprint density at radius 2 is 2.05 bits per heavy atom. The lowest BCUT2D eigenvalue weighted by atomic mass is 10.1. The van der Waals surface area contributed by atoms with Crippen LogP contribution in [0.5, 0.6) is 0 Å². The van der Waals surface area contributed by atoms with Gasteiger partial charge < -0.3 is 15.3 Å². The molecular formula is C15H23ClN2O2. The van der Waals surface area contributed by atoms with Gasteiger partial charge in [-0.15, -0.1) is 0 Å². The largest absolute Gasteiger partial charge is 0.389 e. The first-order valence-corrected chi connectivity index (χ1v) is 7.24. The van der Waals surface area contributed by atoms with Crippen LogP contribution in [0.2, 0.25) is 5.02 Å². The number of rotatable bonds is 6. The third-order valence-electron chi connectivity index (χ3n) is 2.97. The second kappa shape index (κ2) is 7.50. The van der Waals surface area contributed by atoms with Crippen molar-refractivity contribution in [2.24, 2.45) is 0 Å². The molecule has 0 bridgehead atoms. The highest BCUT2D eigenvalue weighted by atomic mass is 35.5. The first-order chi connectivity index (χ1) is 9.35. The molecule has 1 unspecified atom stereocenters. The average molecular weight is 299 g/mol. The Hall–Kier alpha value is -1.26. The maximum absolute atomic E-state index is 11.8. The summed E-state index contributed by atoms with van der Waals surface area (Å²) in [7, 11) is 0. The molecule has 5 heteroatoms. The quantitative estimate of drug-likeness (QED) is 0.849. The summed E-state index contributed by atoms with van der Waals surface area (Å²) < 4.78 is 0. The van der Waals surface area contributed by atoms with E-state index in [1.807, 2.05) is 31.7 Å². The van der Waals surface area contributed by atoms with E-state index in [2.05, 4.69) is 5.32 Å². The number of hydrogen-bond acceptors (Lipinski definition) is 3. The van der Waals surface area contributed by atoms with Crippen molar-refractivity contribution in [2.75, 3.05) is 18.0 Å². The van der Waals surface area contributed by atoms with E-state index in [0.717, 1.165) is 5.69 Å². The Kier molecular flexibility index (Phi) is 6.30. The Morgan fingerprint density at radius 3 is 2.50 bits per heavy atom. The van der Waals surface area contributed by atoms with Crippen molar-refractivity contribution < 1.29 is 9.90 Å². The van der Waals surface area contributed by atoms with Crippen LogP contribution in [0, 0.1) is 0 Å². The van der Waals surface area contributed by atoms with Gasteiger partial charge in [-0.05, 0) is 45.4 Å². The van der Waals surface area contributed by atoms with Crippen LogP contribution in [0.15, 0.2) is 18.2 Å². The van der Waals surface area contributed by atoms with Gasteiger partial charge in [0.25, 0.3) is 0 Å². The van der Waals surface area contributed by atoms with E-state index < -0.39 is 6.10 Å². The van der Waals surface area contributed by atoms with Gasteiger partial charge in [0.05, 0.1) is 12.6 Å². The highest BCUT2D eigenvalue weighted by molar-refractivity contribution is 6.31. The summed E-state index contributed by atoms with van der Waals surface area (Å²) >= 11 is 6.16. The van der Waals surface area contributed by atoms with Gasteiger partial charge in [-0.1, -0.05) is 17.7 Å². The van der Waals surface area contributed by atoms with Crippen LogP contribution >= 0.6 is 11.6 Å². The number of halogens is 1. The maximum atomic E-state index is 11.8. The first-order valence-electron chi connectivity index (χ1n) is 6.87. The lowest BCUT2D eigenvalue weighted by Crippen LogP contribution is -2.40. The van der Waals surface area contributed by atoms with E-state index in [1.165, 1.54) is 0 Å². The summed E-state index contributed by atoms with van der Waals surface area (Å²) in [6.45, 7) is 8.52.